The average Bonchev–Trinajstić information content (AvgIpc) is 2.25. The molecule has 4 N–H and O–H groups in total. The largest absolute Gasteiger partial charge is 0.409 e. The van der Waals surface area contributed by atoms with Gasteiger partial charge in [0.25, 0.3) is 0 Å². The predicted octanol–water partition coefficient (Wildman–Crippen LogP) is 0.461. The molecular formula is C12H26N4O2. The molecule has 0 fully saturated rings. The van der Waals surface area contributed by atoms with Crippen LogP contribution in [0, 0.1) is 11.3 Å². The molecule has 18 heavy (non-hydrogen) atoms. The summed E-state index contributed by atoms with van der Waals surface area (Å²) in [4.78, 5) is 14.2. The fourth-order valence-corrected chi connectivity index (χ4v) is 1.41. The predicted molar refractivity (Wildman–Crippen MR) is 72.5 cm³/mol. The topological polar surface area (TPSA) is 91.0 Å². The Hall–Kier alpha value is -1.30. The Bertz CT molecular complexity index is 311. The lowest BCUT2D eigenvalue weighted by atomic mass is 9.90. The molecule has 0 aromatic rings. The summed E-state index contributed by atoms with van der Waals surface area (Å²) in [5.74, 6) is -0.0230. The zero-order chi connectivity index (χ0) is 14.5. The van der Waals surface area contributed by atoms with Crippen molar-refractivity contribution < 1.29 is 10.0 Å². The van der Waals surface area contributed by atoms with E-state index in [9.17, 15) is 4.79 Å². The van der Waals surface area contributed by atoms with Crippen LogP contribution in [-0.4, -0.2) is 48.5 Å². The van der Waals surface area contributed by atoms with Crippen LogP contribution in [-0.2, 0) is 4.79 Å². The van der Waals surface area contributed by atoms with Crippen LogP contribution in [0.2, 0.25) is 0 Å². The van der Waals surface area contributed by atoms with E-state index in [-0.39, 0.29) is 17.8 Å². The number of amidine groups is 1. The molecule has 0 aliphatic rings. The van der Waals surface area contributed by atoms with Crippen molar-refractivity contribution in [1.82, 2.24) is 10.2 Å². The Morgan fingerprint density at radius 1 is 1.44 bits per heavy atom. The summed E-state index contributed by atoms with van der Waals surface area (Å²) in [6, 6.07) is 0.0262. The van der Waals surface area contributed by atoms with E-state index in [0.29, 0.717) is 5.92 Å². The molecule has 0 heterocycles. The van der Waals surface area contributed by atoms with E-state index in [0.717, 1.165) is 6.54 Å². The number of hydrogen-bond acceptors (Lipinski definition) is 4. The van der Waals surface area contributed by atoms with Crippen LogP contribution in [0.1, 0.15) is 27.7 Å². The molecule has 0 saturated carbocycles. The van der Waals surface area contributed by atoms with E-state index in [4.69, 9.17) is 10.9 Å². The molecule has 0 aliphatic carbocycles. The summed E-state index contributed by atoms with van der Waals surface area (Å²) < 4.78 is 0. The minimum atomic E-state index is -1.02. The molecule has 6 nitrogen and oxygen atoms in total. The number of nitrogens with one attached hydrogen (secondary N) is 1. The monoisotopic (exact) mass is 258 g/mol. The fraction of sp³-hybridized carbons (Fsp3) is 0.833. The summed E-state index contributed by atoms with van der Waals surface area (Å²) in [7, 11) is 3.91. The molecule has 0 saturated heterocycles. The van der Waals surface area contributed by atoms with Gasteiger partial charge in [-0.05, 0) is 33.9 Å². The highest BCUT2D eigenvalue weighted by Crippen LogP contribution is 2.16. The third kappa shape index (κ3) is 4.52. The molecule has 1 amide bonds. The van der Waals surface area contributed by atoms with Crippen molar-refractivity contribution in [2.75, 3.05) is 20.6 Å². The highest BCUT2D eigenvalue weighted by molar-refractivity contribution is 6.05. The van der Waals surface area contributed by atoms with Crippen molar-refractivity contribution in [3.63, 3.8) is 0 Å². The van der Waals surface area contributed by atoms with Crippen molar-refractivity contribution in [1.29, 1.82) is 0 Å². The van der Waals surface area contributed by atoms with Gasteiger partial charge in [0.1, 0.15) is 5.41 Å². The van der Waals surface area contributed by atoms with Gasteiger partial charge in [-0.15, -0.1) is 0 Å². The van der Waals surface area contributed by atoms with Gasteiger partial charge in [-0.1, -0.05) is 19.0 Å². The van der Waals surface area contributed by atoms with Gasteiger partial charge in [0.05, 0.1) is 0 Å². The number of nitrogens with two attached hydrogens (primary N) is 1. The van der Waals surface area contributed by atoms with Crippen LogP contribution < -0.4 is 11.1 Å². The standard InChI is InChI=1S/C12H26N4O2/c1-8(2)9(7-16(5)6)14-11(17)12(3,4)10(13)15-18/h8-9,18H,7H2,1-6H3,(H2,13,15)(H,14,17). The molecule has 106 valence electrons. The number of hydrogen-bond donors (Lipinski definition) is 3. The maximum absolute atomic E-state index is 12.2. The van der Waals surface area contributed by atoms with Crippen molar-refractivity contribution in [2.45, 2.75) is 33.7 Å². The Kier molecular flexibility index (Phi) is 6.11. The van der Waals surface area contributed by atoms with Crippen LogP contribution in [0.3, 0.4) is 0 Å². The van der Waals surface area contributed by atoms with Crippen LogP contribution in [0.5, 0.6) is 0 Å². The van der Waals surface area contributed by atoms with Gasteiger partial charge in [0.2, 0.25) is 5.91 Å². The maximum atomic E-state index is 12.2. The summed E-state index contributed by atoms with van der Waals surface area (Å²) >= 11 is 0. The van der Waals surface area contributed by atoms with Crippen molar-refractivity contribution in [2.24, 2.45) is 22.2 Å². The molecule has 1 unspecified atom stereocenters. The fourth-order valence-electron chi connectivity index (χ4n) is 1.41. The number of carbonyl (C=O) groups excluding carboxylic acids is 1. The molecule has 0 bridgehead atoms. The lowest BCUT2D eigenvalue weighted by molar-refractivity contribution is -0.127. The van der Waals surface area contributed by atoms with Gasteiger partial charge in [0, 0.05) is 12.6 Å². The first kappa shape index (κ1) is 16.7. The van der Waals surface area contributed by atoms with Crippen molar-refractivity contribution >= 4 is 11.7 Å². The first-order chi connectivity index (χ1) is 8.12. The molecular weight excluding hydrogens is 232 g/mol. The third-order valence-corrected chi connectivity index (χ3v) is 3.00. The number of oxime groups is 1. The quantitative estimate of drug-likeness (QED) is 0.279. The molecule has 0 rings (SSSR count). The van der Waals surface area contributed by atoms with Crippen molar-refractivity contribution in [3.05, 3.63) is 0 Å². The van der Waals surface area contributed by atoms with Gasteiger partial charge >= 0.3 is 0 Å². The second-order valence-corrected chi connectivity index (χ2v) is 5.70. The third-order valence-electron chi connectivity index (χ3n) is 3.00. The lowest BCUT2D eigenvalue weighted by Crippen LogP contribution is -2.52. The average molecular weight is 258 g/mol. The summed E-state index contributed by atoms with van der Waals surface area (Å²) in [6.07, 6.45) is 0. The van der Waals surface area contributed by atoms with Crippen LogP contribution in [0.4, 0.5) is 0 Å². The van der Waals surface area contributed by atoms with E-state index >= 15 is 0 Å². The van der Waals surface area contributed by atoms with E-state index < -0.39 is 5.41 Å². The molecule has 1 atom stereocenters. The van der Waals surface area contributed by atoms with Gasteiger partial charge < -0.3 is 21.2 Å². The highest BCUT2D eigenvalue weighted by atomic mass is 16.4. The lowest BCUT2D eigenvalue weighted by Gasteiger charge is -2.30. The number of nitrogens with zero attached hydrogens (tertiary/aromatic N) is 2. The Morgan fingerprint density at radius 2 is 1.94 bits per heavy atom. The maximum Gasteiger partial charge on any atom is 0.233 e. The second-order valence-electron chi connectivity index (χ2n) is 5.70. The van der Waals surface area contributed by atoms with Gasteiger partial charge in [-0.25, -0.2) is 0 Å². The number of likely N-dealkylation sites (N-methyl/N-ethyl adjacent to an activating group) is 1. The Balaban J connectivity index is 4.80. The summed E-state index contributed by atoms with van der Waals surface area (Å²) in [5.41, 5.74) is 4.51. The minimum absolute atomic E-state index is 0.0262. The van der Waals surface area contributed by atoms with Crippen LogP contribution in [0.15, 0.2) is 5.16 Å². The SMILES string of the molecule is CC(C)C(CN(C)C)NC(=O)C(C)(C)C(N)=NO. The van der Waals surface area contributed by atoms with E-state index in [2.05, 4.69) is 10.5 Å². The Labute approximate surface area is 109 Å². The summed E-state index contributed by atoms with van der Waals surface area (Å²) in [5, 5.41) is 14.6. The molecule has 0 spiro atoms. The smallest absolute Gasteiger partial charge is 0.233 e. The Morgan fingerprint density at radius 3 is 2.28 bits per heavy atom. The second kappa shape index (κ2) is 6.58. The van der Waals surface area contributed by atoms with Gasteiger partial charge in [-0.2, -0.15) is 0 Å². The zero-order valence-corrected chi connectivity index (χ0v) is 12.2. The molecule has 0 aliphatic heterocycles. The van der Waals surface area contributed by atoms with Gasteiger partial charge in [0.15, 0.2) is 5.84 Å². The first-order valence-corrected chi connectivity index (χ1v) is 6.06. The molecule has 0 radical (unpaired) electrons. The van der Waals surface area contributed by atoms with E-state index in [1.807, 2.05) is 32.8 Å². The molecule has 6 heteroatoms. The summed E-state index contributed by atoms with van der Waals surface area (Å²) in [6.45, 7) is 8.10. The zero-order valence-electron chi connectivity index (χ0n) is 12.2. The van der Waals surface area contributed by atoms with Crippen molar-refractivity contribution in [3.8, 4) is 0 Å². The number of rotatable bonds is 6. The minimum Gasteiger partial charge on any atom is -0.409 e. The molecule has 0 aromatic heterocycles. The number of amides is 1. The molecule has 0 aromatic carbocycles. The first-order valence-electron chi connectivity index (χ1n) is 6.06. The van der Waals surface area contributed by atoms with E-state index in [1.54, 1.807) is 13.8 Å². The number of carbonyl (C=O) groups is 1. The van der Waals surface area contributed by atoms with E-state index in [1.165, 1.54) is 0 Å². The van der Waals surface area contributed by atoms with Crippen LogP contribution in [0.25, 0.3) is 0 Å². The highest BCUT2D eigenvalue weighted by Gasteiger charge is 2.34. The van der Waals surface area contributed by atoms with Crippen LogP contribution >= 0.6 is 0 Å². The normalized spacial score (nSPS) is 15.0. The van der Waals surface area contributed by atoms with Gasteiger partial charge in [-0.3, -0.25) is 4.79 Å².